The molecule has 0 aliphatic carbocycles. The first kappa shape index (κ1) is 22.7. The molecular weight excluding hydrogens is 376 g/mol. The third-order valence-corrected chi connectivity index (χ3v) is 5.55. The summed E-state index contributed by atoms with van der Waals surface area (Å²) in [5, 5.41) is 13.8. The van der Waals surface area contributed by atoms with E-state index in [1.54, 1.807) is 0 Å². The number of ether oxygens (including phenoxy) is 1. The summed E-state index contributed by atoms with van der Waals surface area (Å²) in [5.74, 6) is 0.810. The Balaban J connectivity index is 1.35. The van der Waals surface area contributed by atoms with Gasteiger partial charge in [0, 0.05) is 63.6 Å². The Kier molecular flexibility index (Phi) is 9.08. The number of likely N-dealkylation sites (N-methyl/N-ethyl adjacent to an activating group) is 1. The van der Waals surface area contributed by atoms with Crippen molar-refractivity contribution in [3.05, 3.63) is 59.4 Å². The second-order valence-electron chi connectivity index (χ2n) is 8.04. The molecule has 0 radical (unpaired) electrons. The average Bonchev–Trinajstić information content (AvgIpc) is 2.76. The monoisotopic (exact) mass is 412 g/mol. The van der Waals surface area contributed by atoms with Crippen LogP contribution < -0.4 is 10.1 Å². The van der Waals surface area contributed by atoms with Crippen LogP contribution in [0, 0.1) is 6.92 Å². The van der Waals surface area contributed by atoms with E-state index in [4.69, 9.17) is 4.74 Å². The molecule has 1 aliphatic rings. The van der Waals surface area contributed by atoms with Crippen molar-refractivity contribution in [2.75, 3.05) is 52.4 Å². The number of aliphatic hydroxyl groups is 1. The Labute approximate surface area is 180 Å². The summed E-state index contributed by atoms with van der Waals surface area (Å²) in [5.41, 5.74) is 3.35. The number of pyridine rings is 1. The van der Waals surface area contributed by atoms with Crippen LogP contribution in [0.4, 0.5) is 0 Å². The Morgan fingerprint density at radius 1 is 1.10 bits per heavy atom. The highest BCUT2D eigenvalue weighted by atomic mass is 16.5. The van der Waals surface area contributed by atoms with Gasteiger partial charge in [0.25, 0.3) is 0 Å². The van der Waals surface area contributed by atoms with Gasteiger partial charge >= 0.3 is 0 Å². The molecule has 164 valence electrons. The molecular formula is C24H36N4O2. The summed E-state index contributed by atoms with van der Waals surface area (Å²) >= 11 is 0. The highest BCUT2D eigenvalue weighted by molar-refractivity contribution is 5.28. The van der Waals surface area contributed by atoms with Crippen LogP contribution in [0.25, 0.3) is 0 Å². The van der Waals surface area contributed by atoms with Crippen LogP contribution in [0.3, 0.4) is 0 Å². The lowest BCUT2D eigenvalue weighted by atomic mass is 10.2. The van der Waals surface area contributed by atoms with Crippen LogP contribution in [0.15, 0.2) is 42.5 Å². The van der Waals surface area contributed by atoms with Crippen molar-refractivity contribution in [1.82, 2.24) is 20.1 Å². The standard InChI is InChI=1S/C24H36N4O2/c1-3-27-12-14-28(15-13-27)18-23(29)19-30-24-9-5-7-21(16-24)17-25-11-10-22-8-4-6-20(2)26-22/h4-9,16,23,25,29H,3,10-15,17-19H2,1-2H3/t23-/m1/s1. The van der Waals surface area contributed by atoms with E-state index in [2.05, 4.69) is 45.2 Å². The molecule has 3 rings (SSSR count). The fourth-order valence-electron chi connectivity index (χ4n) is 3.76. The molecule has 0 unspecified atom stereocenters. The van der Waals surface area contributed by atoms with Crippen molar-refractivity contribution in [2.45, 2.75) is 32.9 Å². The highest BCUT2D eigenvalue weighted by Gasteiger charge is 2.18. The van der Waals surface area contributed by atoms with Gasteiger partial charge in [-0.3, -0.25) is 9.88 Å². The number of aliphatic hydroxyl groups excluding tert-OH is 1. The smallest absolute Gasteiger partial charge is 0.119 e. The first-order valence-electron chi connectivity index (χ1n) is 11.1. The van der Waals surface area contributed by atoms with E-state index in [0.717, 1.165) is 69.4 Å². The van der Waals surface area contributed by atoms with E-state index in [1.807, 2.05) is 31.2 Å². The largest absolute Gasteiger partial charge is 0.491 e. The van der Waals surface area contributed by atoms with Crippen LogP contribution in [0.2, 0.25) is 0 Å². The van der Waals surface area contributed by atoms with Crippen molar-refractivity contribution >= 4 is 0 Å². The molecule has 0 bridgehead atoms. The summed E-state index contributed by atoms with van der Waals surface area (Å²) in [4.78, 5) is 9.30. The van der Waals surface area contributed by atoms with E-state index in [1.165, 1.54) is 5.56 Å². The molecule has 2 aromatic rings. The summed E-state index contributed by atoms with van der Waals surface area (Å²) in [7, 11) is 0. The van der Waals surface area contributed by atoms with Gasteiger partial charge < -0.3 is 20.1 Å². The minimum absolute atomic E-state index is 0.323. The average molecular weight is 413 g/mol. The number of aromatic nitrogens is 1. The fourth-order valence-corrected chi connectivity index (χ4v) is 3.76. The molecule has 1 aromatic heterocycles. The van der Waals surface area contributed by atoms with Gasteiger partial charge in [-0.15, -0.1) is 0 Å². The van der Waals surface area contributed by atoms with Crippen molar-refractivity contribution in [3.63, 3.8) is 0 Å². The van der Waals surface area contributed by atoms with Crippen LogP contribution >= 0.6 is 0 Å². The number of rotatable bonds is 11. The van der Waals surface area contributed by atoms with E-state index in [-0.39, 0.29) is 0 Å². The van der Waals surface area contributed by atoms with Crippen molar-refractivity contribution in [1.29, 1.82) is 0 Å². The lowest BCUT2D eigenvalue weighted by Gasteiger charge is -2.34. The molecule has 1 aliphatic heterocycles. The Bertz CT molecular complexity index is 762. The van der Waals surface area contributed by atoms with Crippen LogP contribution in [-0.4, -0.2) is 78.4 Å². The second-order valence-corrected chi connectivity index (χ2v) is 8.04. The maximum atomic E-state index is 10.4. The molecule has 30 heavy (non-hydrogen) atoms. The maximum Gasteiger partial charge on any atom is 0.119 e. The van der Waals surface area contributed by atoms with Crippen LogP contribution in [-0.2, 0) is 13.0 Å². The van der Waals surface area contributed by atoms with Gasteiger partial charge in [-0.25, -0.2) is 0 Å². The summed E-state index contributed by atoms with van der Waals surface area (Å²) in [6.07, 6.45) is 0.443. The first-order chi connectivity index (χ1) is 14.6. The number of piperazine rings is 1. The number of β-amino-alcohol motifs (C(OH)–C–C–N with tert-alkyl or cyclic N) is 1. The molecule has 0 amide bonds. The van der Waals surface area contributed by atoms with Gasteiger partial charge in [0.1, 0.15) is 18.5 Å². The van der Waals surface area contributed by atoms with Gasteiger partial charge in [-0.05, 0) is 43.3 Å². The zero-order valence-electron chi connectivity index (χ0n) is 18.4. The molecule has 1 fully saturated rings. The first-order valence-corrected chi connectivity index (χ1v) is 11.1. The second kappa shape index (κ2) is 12.0. The van der Waals surface area contributed by atoms with Gasteiger partial charge in [0.05, 0.1) is 0 Å². The molecule has 2 N–H and O–H groups in total. The van der Waals surface area contributed by atoms with Crippen LogP contribution in [0.1, 0.15) is 23.9 Å². The minimum Gasteiger partial charge on any atom is -0.491 e. The molecule has 0 saturated carbocycles. The number of hydrogen-bond acceptors (Lipinski definition) is 6. The Morgan fingerprint density at radius 3 is 2.63 bits per heavy atom. The van der Waals surface area contributed by atoms with E-state index < -0.39 is 6.10 Å². The molecule has 6 heteroatoms. The van der Waals surface area contributed by atoms with Gasteiger partial charge in [-0.1, -0.05) is 25.1 Å². The number of hydrogen-bond donors (Lipinski definition) is 2. The number of nitrogens with one attached hydrogen (secondary N) is 1. The summed E-state index contributed by atoms with van der Waals surface area (Å²) in [6, 6.07) is 14.2. The van der Waals surface area contributed by atoms with Crippen molar-refractivity contribution in [2.24, 2.45) is 0 Å². The number of aryl methyl sites for hydroxylation is 1. The summed E-state index contributed by atoms with van der Waals surface area (Å²) in [6.45, 7) is 12.2. The van der Waals surface area contributed by atoms with E-state index in [0.29, 0.717) is 13.2 Å². The van der Waals surface area contributed by atoms with E-state index in [9.17, 15) is 5.11 Å². The fraction of sp³-hybridized carbons (Fsp3) is 0.542. The van der Waals surface area contributed by atoms with Crippen LogP contribution in [0.5, 0.6) is 5.75 Å². The van der Waals surface area contributed by atoms with E-state index >= 15 is 0 Å². The van der Waals surface area contributed by atoms with Gasteiger partial charge in [0.2, 0.25) is 0 Å². The molecule has 6 nitrogen and oxygen atoms in total. The maximum absolute atomic E-state index is 10.4. The summed E-state index contributed by atoms with van der Waals surface area (Å²) < 4.78 is 5.86. The quantitative estimate of drug-likeness (QED) is 0.551. The van der Waals surface area contributed by atoms with Crippen molar-refractivity contribution in [3.8, 4) is 5.75 Å². The molecule has 1 saturated heterocycles. The highest BCUT2D eigenvalue weighted by Crippen LogP contribution is 2.14. The third-order valence-electron chi connectivity index (χ3n) is 5.55. The Hall–Kier alpha value is -1.99. The lowest BCUT2D eigenvalue weighted by molar-refractivity contribution is 0.0471. The predicted molar refractivity (Wildman–Crippen MR) is 121 cm³/mol. The molecule has 1 aromatic carbocycles. The molecule has 2 heterocycles. The normalized spacial score (nSPS) is 16.5. The number of benzene rings is 1. The number of nitrogens with zero attached hydrogens (tertiary/aromatic N) is 3. The zero-order valence-corrected chi connectivity index (χ0v) is 18.4. The minimum atomic E-state index is -0.471. The van der Waals surface area contributed by atoms with Crippen molar-refractivity contribution < 1.29 is 9.84 Å². The zero-order chi connectivity index (χ0) is 21.2. The third kappa shape index (κ3) is 7.69. The van der Waals surface area contributed by atoms with Gasteiger partial charge in [0.15, 0.2) is 0 Å². The molecule has 0 spiro atoms. The topological polar surface area (TPSA) is 60.9 Å². The lowest BCUT2D eigenvalue weighted by Crippen LogP contribution is -2.49. The Morgan fingerprint density at radius 2 is 1.87 bits per heavy atom. The van der Waals surface area contributed by atoms with Gasteiger partial charge in [-0.2, -0.15) is 0 Å². The SMILES string of the molecule is CCN1CCN(C[C@@H](O)COc2cccc(CNCCc3cccc(C)n3)c2)CC1. The predicted octanol–water partition coefficient (Wildman–Crippen LogP) is 2.10. The molecule has 1 atom stereocenters.